The molecule has 0 aromatic heterocycles. The lowest BCUT2D eigenvalue weighted by Crippen LogP contribution is -2.30. The van der Waals surface area contributed by atoms with Crippen LogP contribution in [0, 0.1) is 5.92 Å². The molecule has 0 spiro atoms. The van der Waals surface area contributed by atoms with Gasteiger partial charge < -0.3 is 4.90 Å². The molecular weight excluding hydrogens is 278 g/mol. The summed E-state index contributed by atoms with van der Waals surface area (Å²) >= 11 is 3.47. The predicted molar refractivity (Wildman–Crippen MR) is 74.7 cm³/mol. The van der Waals surface area contributed by atoms with Gasteiger partial charge in [0, 0.05) is 28.8 Å². The maximum absolute atomic E-state index is 11.4. The summed E-state index contributed by atoms with van der Waals surface area (Å²) in [7, 11) is 2.12. The van der Waals surface area contributed by atoms with Gasteiger partial charge in [-0.05, 0) is 66.7 Å². The molecule has 1 aromatic carbocycles. The van der Waals surface area contributed by atoms with Crippen LogP contribution >= 0.6 is 15.9 Å². The summed E-state index contributed by atoms with van der Waals surface area (Å²) in [5.74, 6) is 0.938. The molecule has 0 bridgehead atoms. The Morgan fingerprint density at radius 2 is 2.12 bits per heavy atom. The van der Waals surface area contributed by atoms with Gasteiger partial charge in [-0.15, -0.1) is 0 Å². The monoisotopic (exact) mass is 295 g/mol. The highest BCUT2D eigenvalue weighted by Crippen LogP contribution is 2.36. The van der Waals surface area contributed by atoms with Crippen molar-refractivity contribution in [2.75, 3.05) is 11.9 Å². The van der Waals surface area contributed by atoms with E-state index in [1.165, 1.54) is 18.5 Å². The van der Waals surface area contributed by atoms with Crippen LogP contribution in [0.25, 0.3) is 0 Å². The molecule has 0 heterocycles. The highest BCUT2D eigenvalue weighted by atomic mass is 79.9. The van der Waals surface area contributed by atoms with E-state index >= 15 is 0 Å². The molecule has 1 aromatic rings. The molecule has 1 fully saturated rings. The summed E-state index contributed by atoms with van der Waals surface area (Å²) in [4.78, 5) is 13.7. The van der Waals surface area contributed by atoms with Gasteiger partial charge in [0.25, 0.3) is 0 Å². The van der Waals surface area contributed by atoms with Crippen LogP contribution < -0.4 is 4.90 Å². The van der Waals surface area contributed by atoms with E-state index in [0.29, 0.717) is 6.04 Å². The largest absolute Gasteiger partial charge is 0.372 e. The number of Topliss-reactive ketones (excluding diaryl/α,β-unsaturated/α-hetero) is 1. The zero-order chi connectivity index (χ0) is 12.6. The standard InChI is InChI=1S/C14H18BrNO/c1-9(11-4-5-11)16(3)12-6-7-13(10(2)17)14(15)8-12/h6-9,11H,4-5H2,1-3H3. The van der Waals surface area contributed by atoms with Crippen molar-refractivity contribution in [3.05, 3.63) is 28.2 Å². The molecule has 2 nitrogen and oxygen atoms in total. The maximum atomic E-state index is 11.4. The molecule has 1 aliphatic carbocycles. The number of nitrogens with zero attached hydrogens (tertiary/aromatic N) is 1. The number of ketones is 1. The van der Waals surface area contributed by atoms with Gasteiger partial charge in [0.1, 0.15) is 0 Å². The highest BCUT2D eigenvalue weighted by Gasteiger charge is 2.30. The molecule has 1 atom stereocenters. The topological polar surface area (TPSA) is 20.3 Å². The van der Waals surface area contributed by atoms with Crippen LogP contribution in [-0.2, 0) is 0 Å². The number of halogens is 1. The maximum Gasteiger partial charge on any atom is 0.160 e. The quantitative estimate of drug-likeness (QED) is 0.786. The fourth-order valence-electron chi connectivity index (χ4n) is 2.14. The second-order valence-electron chi connectivity index (χ2n) is 4.91. The molecule has 0 amide bonds. The van der Waals surface area contributed by atoms with Crippen LogP contribution in [-0.4, -0.2) is 18.9 Å². The lowest BCUT2D eigenvalue weighted by Gasteiger charge is -2.27. The summed E-state index contributed by atoms with van der Waals surface area (Å²) < 4.78 is 0.886. The Morgan fingerprint density at radius 3 is 2.59 bits per heavy atom. The second-order valence-corrected chi connectivity index (χ2v) is 5.76. The first-order valence-electron chi connectivity index (χ1n) is 6.04. The van der Waals surface area contributed by atoms with E-state index in [9.17, 15) is 4.79 Å². The Bertz CT molecular complexity index is 440. The van der Waals surface area contributed by atoms with Crippen LogP contribution in [0.3, 0.4) is 0 Å². The number of anilines is 1. The Hall–Kier alpha value is -0.830. The van der Waals surface area contributed by atoms with Gasteiger partial charge in [-0.25, -0.2) is 0 Å². The number of benzene rings is 1. The third-order valence-corrected chi connectivity index (χ3v) is 4.31. The minimum absolute atomic E-state index is 0.0984. The summed E-state index contributed by atoms with van der Waals surface area (Å²) in [6.45, 7) is 3.86. The normalized spacial score (nSPS) is 16.7. The smallest absolute Gasteiger partial charge is 0.160 e. The summed E-state index contributed by atoms with van der Waals surface area (Å²) in [5.41, 5.74) is 1.92. The lowest BCUT2D eigenvalue weighted by atomic mass is 10.1. The third-order valence-electron chi connectivity index (χ3n) is 3.65. The van der Waals surface area contributed by atoms with E-state index in [1.807, 2.05) is 18.2 Å². The first-order chi connectivity index (χ1) is 8.00. The first-order valence-corrected chi connectivity index (χ1v) is 6.83. The van der Waals surface area contributed by atoms with Gasteiger partial charge in [0.2, 0.25) is 0 Å². The molecule has 0 saturated heterocycles. The van der Waals surface area contributed by atoms with Crippen LogP contribution in [0.1, 0.15) is 37.0 Å². The van der Waals surface area contributed by atoms with Crippen LogP contribution in [0.4, 0.5) is 5.69 Å². The molecule has 0 radical (unpaired) electrons. The molecule has 0 N–H and O–H groups in total. The zero-order valence-corrected chi connectivity index (χ0v) is 12.1. The SMILES string of the molecule is CC(=O)c1ccc(N(C)C(C)C2CC2)cc1Br. The van der Waals surface area contributed by atoms with Crippen molar-refractivity contribution < 1.29 is 4.79 Å². The molecule has 1 saturated carbocycles. The Kier molecular flexibility index (Phi) is 3.57. The highest BCUT2D eigenvalue weighted by molar-refractivity contribution is 9.10. The van der Waals surface area contributed by atoms with E-state index in [-0.39, 0.29) is 5.78 Å². The summed E-state index contributed by atoms with van der Waals surface area (Å²) in [5, 5.41) is 0. The fourth-order valence-corrected chi connectivity index (χ4v) is 2.78. The van der Waals surface area contributed by atoms with Gasteiger partial charge in [-0.1, -0.05) is 0 Å². The minimum atomic E-state index is 0.0984. The Morgan fingerprint density at radius 1 is 1.47 bits per heavy atom. The van der Waals surface area contributed by atoms with Gasteiger partial charge >= 0.3 is 0 Å². The van der Waals surface area contributed by atoms with E-state index in [0.717, 1.165) is 16.0 Å². The first kappa shape index (κ1) is 12.6. The fraction of sp³-hybridized carbons (Fsp3) is 0.500. The average Bonchev–Trinajstić information content (AvgIpc) is 3.10. The number of carbonyl (C=O) groups excluding carboxylic acids is 1. The van der Waals surface area contributed by atoms with Crippen molar-refractivity contribution in [2.24, 2.45) is 5.92 Å². The third kappa shape index (κ3) is 2.71. The summed E-state index contributed by atoms with van der Waals surface area (Å²) in [6, 6.07) is 6.54. The van der Waals surface area contributed by atoms with Gasteiger partial charge in [-0.3, -0.25) is 4.79 Å². The number of rotatable bonds is 4. The molecule has 17 heavy (non-hydrogen) atoms. The van der Waals surface area contributed by atoms with Crippen molar-refractivity contribution in [3.8, 4) is 0 Å². The molecule has 2 rings (SSSR count). The van der Waals surface area contributed by atoms with Gasteiger partial charge in [0.15, 0.2) is 5.78 Å². The zero-order valence-electron chi connectivity index (χ0n) is 10.5. The number of hydrogen-bond acceptors (Lipinski definition) is 2. The second kappa shape index (κ2) is 4.81. The van der Waals surface area contributed by atoms with Crippen molar-refractivity contribution in [2.45, 2.75) is 32.7 Å². The van der Waals surface area contributed by atoms with Crippen LogP contribution in [0.2, 0.25) is 0 Å². The van der Waals surface area contributed by atoms with Crippen molar-refractivity contribution in [3.63, 3.8) is 0 Å². The van der Waals surface area contributed by atoms with E-state index in [1.54, 1.807) is 6.92 Å². The average molecular weight is 296 g/mol. The molecule has 3 heteroatoms. The van der Waals surface area contributed by atoms with Crippen molar-refractivity contribution in [1.29, 1.82) is 0 Å². The van der Waals surface area contributed by atoms with Crippen molar-refractivity contribution in [1.82, 2.24) is 0 Å². The minimum Gasteiger partial charge on any atom is -0.372 e. The molecular formula is C14H18BrNO. The van der Waals surface area contributed by atoms with Gasteiger partial charge in [-0.2, -0.15) is 0 Å². The van der Waals surface area contributed by atoms with Crippen LogP contribution in [0.15, 0.2) is 22.7 Å². The van der Waals surface area contributed by atoms with E-state index in [4.69, 9.17) is 0 Å². The lowest BCUT2D eigenvalue weighted by molar-refractivity contribution is 0.101. The molecule has 1 unspecified atom stereocenters. The van der Waals surface area contributed by atoms with E-state index in [2.05, 4.69) is 34.8 Å². The summed E-state index contributed by atoms with van der Waals surface area (Å²) in [6.07, 6.45) is 2.69. The van der Waals surface area contributed by atoms with Crippen molar-refractivity contribution >= 4 is 27.4 Å². The predicted octanol–water partition coefficient (Wildman–Crippen LogP) is 3.89. The Balaban J connectivity index is 2.21. The van der Waals surface area contributed by atoms with E-state index < -0.39 is 0 Å². The number of carbonyl (C=O) groups is 1. The molecule has 1 aliphatic rings. The van der Waals surface area contributed by atoms with Crippen LogP contribution in [0.5, 0.6) is 0 Å². The Labute approximate surface area is 111 Å². The molecule has 92 valence electrons. The number of hydrogen-bond donors (Lipinski definition) is 0. The van der Waals surface area contributed by atoms with Gasteiger partial charge in [0.05, 0.1) is 0 Å². The molecule has 0 aliphatic heterocycles.